The van der Waals surface area contributed by atoms with E-state index in [0.717, 1.165) is 0 Å². The van der Waals surface area contributed by atoms with Crippen molar-refractivity contribution in [2.45, 2.75) is 104 Å². The molecule has 2 atom stereocenters. The highest BCUT2D eigenvalue weighted by molar-refractivity contribution is 7.89. The Bertz CT molecular complexity index is 1010. The van der Waals surface area contributed by atoms with Gasteiger partial charge in [-0.1, -0.05) is 41.5 Å². The first-order chi connectivity index (χ1) is 14.6. The van der Waals surface area contributed by atoms with Crippen molar-refractivity contribution in [3.63, 3.8) is 0 Å². The molecular weight excluding hydrogens is 458 g/mol. The van der Waals surface area contributed by atoms with Crippen LogP contribution in [0.25, 0.3) is 0 Å². The average Bonchev–Trinajstić information content (AvgIpc) is 2.59. The van der Waals surface area contributed by atoms with E-state index in [4.69, 9.17) is 9.16 Å². The van der Waals surface area contributed by atoms with Crippen molar-refractivity contribution >= 4 is 24.3 Å². The van der Waals surface area contributed by atoms with Gasteiger partial charge in [0.2, 0.25) is 10.0 Å². The summed E-state index contributed by atoms with van der Waals surface area (Å²) in [6.45, 7) is 22.2. The van der Waals surface area contributed by atoms with Crippen molar-refractivity contribution < 1.29 is 27.5 Å². The van der Waals surface area contributed by atoms with Gasteiger partial charge >= 0.3 is 5.97 Å². The van der Waals surface area contributed by atoms with Crippen molar-refractivity contribution in [1.29, 1.82) is 0 Å². The van der Waals surface area contributed by atoms with Gasteiger partial charge in [-0.05, 0) is 74.0 Å². The van der Waals surface area contributed by atoms with Crippen molar-refractivity contribution in [3.05, 3.63) is 22.8 Å². The maximum absolute atomic E-state index is 13.8. The van der Waals surface area contributed by atoms with Gasteiger partial charge in [-0.15, -0.1) is 0 Å². The molecule has 0 amide bonds. The topological polar surface area (TPSA) is 102 Å². The third-order valence-corrected chi connectivity index (χ3v) is 13.5. The Hall–Kier alpha value is -1.42. The number of nitrogens with one attached hydrogen (secondary N) is 1. The van der Waals surface area contributed by atoms with Crippen LogP contribution in [0.5, 0.6) is 5.75 Å². The summed E-state index contributed by atoms with van der Waals surface area (Å²) in [5, 5.41) is 10.3. The maximum atomic E-state index is 13.8. The molecule has 2 unspecified atom stereocenters. The van der Waals surface area contributed by atoms with Gasteiger partial charge in [0.05, 0.1) is 18.1 Å². The predicted molar refractivity (Wildman–Crippen MR) is 135 cm³/mol. The van der Waals surface area contributed by atoms with E-state index >= 15 is 0 Å². The monoisotopic (exact) mass is 501 g/mol. The van der Waals surface area contributed by atoms with E-state index in [-0.39, 0.29) is 9.93 Å². The number of hydrogen-bond donors (Lipinski definition) is 2. The molecular formula is C24H43NO6SSi. The van der Waals surface area contributed by atoms with Crippen LogP contribution in [0.4, 0.5) is 0 Å². The molecule has 0 bridgehead atoms. The van der Waals surface area contributed by atoms with Crippen LogP contribution < -0.4 is 9.46 Å². The number of ether oxygens (including phenoxy) is 1. The molecule has 0 saturated heterocycles. The zero-order valence-corrected chi connectivity index (χ0v) is 24.4. The highest BCUT2D eigenvalue weighted by Crippen LogP contribution is 2.43. The van der Waals surface area contributed by atoms with E-state index in [9.17, 15) is 18.3 Å². The van der Waals surface area contributed by atoms with Gasteiger partial charge < -0.3 is 14.3 Å². The minimum Gasteiger partial charge on any atom is -0.496 e. The second kappa shape index (κ2) is 9.32. The standard InChI is InChI=1S/C24H43NO6SSi/c1-15-14-19(30-11)16(2)17(3)20(15)32(28,29)25-24(21(26)27,22(5,6)7)18(4)31-33(12,13)23(8,9)10/h14,18,25H,1-13H3,(H,26,27). The number of carboxylic acids is 1. The summed E-state index contributed by atoms with van der Waals surface area (Å²) < 4.78 is 42.0. The molecule has 190 valence electrons. The molecule has 0 aliphatic rings. The number of carbonyl (C=O) groups is 1. The highest BCUT2D eigenvalue weighted by Gasteiger charge is 2.58. The van der Waals surface area contributed by atoms with Crippen LogP contribution in [0.2, 0.25) is 18.1 Å². The first-order valence-corrected chi connectivity index (χ1v) is 15.6. The number of benzene rings is 1. The van der Waals surface area contributed by atoms with E-state index < -0.39 is 41.4 Å². The Balaban J connectivity index is 3.79. The lowest BCUT2D eigenvalue weighted by Crippen LogP contribution is -2.70. The normalized spacial score (nSPS) is 16.3. The molecule has 9 heteroatoms. The zero-order chi connectivity index (χ0) is 26.4. The Kier molecular flexibility index (Phi) is 8.36. The SMILES string of the molecule is COc1cc(C)c(S(=O)(=O)NC(C(=O)O)(C(C)O[Si](C)(C)C(C)(C)C)C(C)(C)C)c(C)c1C. The van der Waals surface area contributed by atoms with E-state index in [1.807, 2.05) is 13.1 Å². The quantitative estimate of drug-likeness (QED) is 0.476. The van der Waals surface area contributed by atoms with Gasteiger partial charge in [0.1, 0.15) is 5.75 Å². The lowest BCUT2D eigenvalue weighted by Gasteiger charge is -2.49. The summed E-state index contributed by atoms with van der Waals surface area (Å²) in [6.07, 6.45) is -0.925. The number of carboxylic acid groups (broad SMARTS) is 1. The van der Waals surface area contributed by atoms with Gasteiger partial charge in [-0.3, -0.25) is 4.79 Å². The van der Waals surface area contributed by atoms with E-state index in [2.05, 4.69) is 25.5 Å². The fourth-order valence-electron chi connectivity index (χ4n) is 4.00. The Morgan fingerprint density at radius 3 is 1.91 bits per heavy atom. The van der Waals surface area contributed by atoms with E-state index in [1.165, 1.54) is 7.11 Å². The van der Waals surface area contributed by atoms with Gasteiger partial charge in [0.25, 0.3) is 0 Å². The summed E-state index contributed by atoms with van der Waals surface area (Å²) in [4.78, 5) is 12.9. The van der Waals surface area contributed by atoms with Crippen molar-refractivity contribution in [2.24, 2.45) is 5.41 Å². The van der Waals surface area contributed by atoms with Crippen LogP contribution >= 0.6 is 0 Å². The zero-order valence-electron chi connectivity index (χ0n) is 22.6. The highest BCUT2D eigenvalue weighted by atomic mass is 32.2. The van der Waals surface area contributed by atoms with Crippen molar-refractivity contribution in [2.75, 3.05) is 7.11 Å². The van der Waals surface area contributed by atoms with Crippen LogP contribution in [0.1, 0.15) is 65.2 Å². The van der Waals surface area contributed by atoms with Crippen LogP contribution in [0.15, 0.2) is 11.0 Å². The largest absolute Gasteiger partial charge is 0.496 e. The van der Waals surface area contributed by atoms with E-state index in [0.29, 0.717) is 22.4 Å². The second-order valence-corrected chi connectivity index (χ2v) is 17.8. The molecule has 0 radical (unpaired) electrons. The molecule has 2 N–H and O–H groups in total. The number of aryl methyl sites for hydroxylation is 1. The smallest absolute Gasteiger partial charge is 0.328 e. The molecule has 0 saturated carbocycles. The first-order valence-electron chi connectivity index (χ1n) is 11.2. The molecule has 7 nitrogen and oxygen atoms in total. The Morgan fingerprint density at radius 2 is 1.55 bits per heavy atom. The van der Waals surface area contributed by atoms with Crippen molar-refractivity contribution in [3.8, 4) is 5.75 Å². The fourth-order valence-corrected chi connectivity index (χ4v) is 7.54. The molecule has 33 heavy (non-hydrogen) atoms. The molecule has 0 fully saturated rings. The van der Waals surface area contributed by atoms with Gasteiger partial charge in [0, 0.05) is 0 Å². The van der Waals surface area contributed by atoms with Crippen molar-refractivity contribution in [1.82, 2.24) is 4.72 Å². The van der Waals surface area contributed by atoms with E-state index in [1.54, 1.807) is 54.5 Å². The summed E-state index contributed by atoms with van der Waals surface area (Å²) >= 11 is 0. The van der Waals surface area contributed by atoms with Crippen LogP contribution in [0, 0.1) is 26.2 Å². The van der Waals surface area contributed by atoms with Gasteiger partial charge in [-0.25, -0.2) is 8.42 Å². The summed E-state index contributed by atoms with van der Waals surface area (Å²) in [6, 6.07) is 1.66. The van der Waals surface area contributed by atoms with Crippen LogP contribution in [0.3, 0.4) is 0 Å². The number of methoxy groups -OCH3 is 1. The molecule has 0 spiro atoms. The molecule has 0 aromatic heterocycles. The maximum Gasteiger partial charge on any atom is 0.328 e. The number of rotatable bonds is 8. The number of aliphatic carboxylic acids is 1. The fraction of sp³-hybridized carbons (Fsp3) is 0.708. The van der Waals surface area contributed by atoms with Crippen LogP contribution in [-0.2, 0) is 19.2 Å². The van der Waals surface area contributed by atoms with Gasteiger partial charge in [0.15, 0.2) is 13.9 Å². The molecule has 0 heterocycles. The molecule has 0 aliphatic carbocycles. The average molecular weight is 502 g/mol. The van der Waals surface area contributed by atoms with Gasteiger partial charge in [-0.2, -0.15) is 4.72 Å². The third kappa shape index (κ3) is 5.47. The molecule has 1 aromatic carbocycles. The first kappa shape index (κ1) is 29.6. The Morgan fingerprint density at radius 1 is 1.06 bits per heavy atom. The molecule has 1 aromatic rings. The summed E-state index contributed by atoms with van der Waals surface area (Å²) in [5.74, 6) is -0.691. The minimum atomic E-state index is -4.24. The summed E-state index contributed by atoms with van der Waals surface area (Å²) in [5.41, 5.74) is -1.23. The Labute approximate surface area is 201 Å². The summed E-state index contributed by atoms with van der Waals surface area (Å²) in [7, 11) is -5.13. The lowest BCUT2D eigenvalue weighted by molar-refractivity contribution is -0.154. The second-order valence-electron chi connectivity index (χ2n) is 11.5. The lowest BCUT2D eigenvalue weighted by atomic mass is 9.71. The predicted octanol–water partition coefficient (Wildman–Crippen LogP) is 5.18. The number of sulfonamides is 1. The molecule has 1 rings (SSSR count). The number of hydrogen-bond acceptors (Lipinski definition) is 5. The minimum absolute atomic E-state index is 0.0650. The third-order valence-electron chi connectivity index (χ3n) is 7.17. The molecule has 0 aliphatic heterocycles. The van der Waals surface area contributed by atoms with Crippen LogP contribution in [-0.4, -0.2) is 46.6 Å².